The van der Waals surface area contributed by atoms with Crippen LogP contribution in [0.5, 0.6) is 0 Å². The molecule has 1 aliphatic rings. The molecule has 19 heavy (non-hydrogen) atoms. The number of hydrogen-bond acceptors (Lipinski definition) is 0. The molecule has 1 rings (SSSR count). The third-order valence-electron chi connectivity index (χ3n) is 2.43. The minimum absolute atomic E-state index is 0. The molecule has 0 aromatic heterocycles. The maximum Gasteiger partial charge on any atom is 3.00 e. The van der Waals surface area contributed by atoms with Crippen LogP contribution in [-0.4, -0.2) is 33.7 Å². The Bertz CT molecular complexity index is 207. The zero-order chi connectivity index (χ0) is 14.2. The van der Waals surface area contributed by atoms with Crippen molar-refractivity contribution in [3.8, 4) is 0 Å². The summed E-state index contributed by atoms with van der Waals surface area (Å²) in [5.74, 6) is 0.630. The van der Waals surface area contributed by atoms with E-state index in [4.69, 9.17) is 5.73 Å². The van der Waals surface area contributed by atoms with Gasteiger partial charge in [-0.05, 0) is 19.3 Å². The second-order valence-corrected chi connectivity index (χ2v) is 4.09. The molecule has 0 heterocycles. The van der Waals surface area contributed by atoms with Crippen molar-refractivity contribution < 1.29 is 26.2 Å². The molecule has 3 nitrogen and oxygen atoms in total. The van der Waals surface area contributed by atoms with E-state index in [2.05, 4.69) is 35.8 Å². The van der Waals surface area contributed by atoms with Crippen LogP contribution in [0.4, 0.5) is 0 Å². The molecule has 0 aromatic rings. The van der Waals surface area contributed by atoms with Gasteiger partial charge in [0.25, 0.3) is 0 Å². The van der Waals surface area contributed by atoms with Crippen molar-refractivity contribution in [3.63, 3.8) is 0 Å². The molecule has 0 saturated heterocycles. The predicted octanol–water partition coefficient (Wildman–Crippen LogP) is 4.97. The SMILES string of the molecule is CC1=CC(CCC[NH-])C=C1.CC[N-]C.CC[N-]C.[Zr+3]. The van der Waals surface area contributed by atoms with Gasteiger partial charge in [-0.2, -0.15) is 33.7 Å². The van der Waals surface area contributed by atoms with E-state index >= 15 is 0 Å². The number of hydrogen-bond donors (Lipinski definition) is 0. The number of allylic oxidation sites excluding steroid dienone is 4. The maximum atomic E-state index is 6.97. The first-order valence-corrected chi connectivity index (χ1v) is 6.78. The van der Waals surface area contributed by atoms with Gasteiger partial charge in [-0.3, -0.25) is 0 Å². The summed E-state index contributed by atoms with van der Waals surface area (Å²) in [6, 6.07) is 0. The monoisotopic (exact) mass is 342 g/mol. The Kier molecular flexibility index (Phi) is 26.3. The van der Waals surface area contributed by atoms with Crippen LogP contribution < -0.4 is 0 Å². The maximum absolute atomic E-state index is 6.97. The van der Waals surface area contributed by atoms with E-state index in [-0.39, 0.29) is 26.2 Å². The van der Waals surface area contributed by atoms with Crippen molar-refractivity contribution in [2.45, 2.75) is 33.6 Å². The van der Waals surface area contributed by atoms with Crippen molar-refractivity contribution in [1.29, 1.82) is 0 Å². The third kappa shape index (κ3) is 20.7. The van der Waals surface area contributed by atoms with Crippen molar-refractivity contribution in [2.24, 2.45) is 5.92 Å². The zero-order valence-corrected chi connectivity index (χ0v) is 15.7. The van der Waals surface area contributed by atoms with Gasteiger partial charge < -0.3 is 16.4 Å². The van der Waals surface area contributed by atoms with Crippen LogP contribution >= 0.6 is 0 Å². The molecule has 1 atom stereocenters. The van der Waals surface area contributed by atoms with Crippen LogP contribution in [0.1, 0.15) is 33.6 Å². The molecule has 109 valence electrons. The summed E-state index contributed by atoms with van der Waals surface area (Å²) in [6.45, 7) is 8.61. The van der Waals surface area contributed by atoms with Crippen LogP contribution in [-0.2, 0) is 26.2 Å². The van der Waals surface area contributed by atoms with Crippen LogP contribution in [0.15, 0.2) is 23.8 Å². The summed E-state index contributed by atoms with van der Waals surface area (Å²) in [4.78, 5) is 0. The van der Waals surface area contributed by atoms with E-state index in [1.807, 2.05) is 13.8 Å². The molecule has 1 aliphatic carbocycles. The fourth-order valence-corrected chi connectivity index (χ4v) is 1.24. The number of rotatable bonds is 5. The molecule has 0 spiro atoms. The van der Waals surface area contributed by atoms with Gasteiger partial charge in [0.05, 0.1) is 0 Å². The second kappa shape index (κ2) is 20.6. The first-order chi connectivity index (χ1) is 8.65. The second-order valence-electron chi connectivity index (χ2n) is 4.09. The fourth-order valence-electron chi connectivity index (χ4n) is 1.24. The van der Waals surface area contributed by atoms with Crippen molar-refractivity contribution in [2.75, 3.05) is 33.7 Å². The fraction of sp³-hybridized carbons (Fsp3) is 0.733. The summed E-state index contributed by atoms with van der Waals surface area (Å²) in [5, 5.41) is 7.47. The normalized spacial score (nSPS) is 15.5. The molecule has 0 amide bonds. The van der Waals surface area contributed by atoms with Gasteiger partial charge in [0.1, 0.15) is 0 Å². The molecular formula is C15H30N3Zr. The van der Waals surface area contributed by atoms with E-state index in [0.717, 1.165) is 25.9 Å². The molecular weight excluding hydrogens is 313 g/mol. The van der Waals surface area contributed by atoms with Crippen LogP contribution in [0.2, 0.25) is 0 Å². The van der Waals surface area contributed by atoms with E-state index in [1.54, 1.807) is 14.1 Å². The minimum Gasteiger partial charge on any atom is -0.677 e. The largest absolute Gasteiger partial charge is 3.00 e. The molecule has 1 N–H and O–H groups in total. The van der Waals surface area contributed by atoms with Gasteiger partial charge in [0.15, 0.2) is 0 Å². The summed E-state index contributed by atoms with van der Waals surface area (Å²) >= 11 is 0. The molecule has 0 saturated carbocycles. The summed E-state index contributed by atoms with van der Waals surface area (Å²) in [6.07, 6.45) is 8.84. The van der Waals surface area contributed by atoms with E-state index in [9.17, 15) is 0 Å². The van der Waals surface area contributed by atoms with Gasteiger partial charge >= 0.3 is 26.2 Å². The topological polar surface area (TPSA) is 52.0 Å². The van der Waals surface area contributed by atoms with Gasteiger partial charge in [-0.25, -0.2) is 0 Å². The molecule has 0 aliphatic heterocycles. The Morgan fingerprint density at radius 2 is 1.63 bits per heavy atom. The summed E-state index contributed by atoms with van der Waals surface area (Å²) in [7, 11) is 3.61. The van der Waals surface area contributed by atoms with Crippen molar-refractivity contribution in [1.82, 2.24) is 0 Å². The smallest absolute Gasteiger partial charge is 0.677 e. The van der Waals surface area contributed by atoms with Crippen LogP contribution in [0, 0.1) is 5.92 Å². The Hall–Kier alpha value is 0.243. The number of nitrogens with one attached hydrogen (secondary N) is 1. The third-order valence-corrected chi connectivity index (χ3v) is 2.43. The van der Waals surface area contributed by atoms with Gasteiger partial charge in [0, 0.05) is 0 Å². The summed E-state index contributed by atoms with van der Waals surface area (Å²) in [5.41, 5.74) is 8.34. The van der Waals surface area contributed by atoms with Gasteiger partial charge in [-0.1, -0.05) is 44.1 Å². The van der Waals surface area contributed by atoms with Gasteiger partial charge in [-0.15, -0.1) is 0 Å². The van der Waals surface area contributed by atoms with E-state index in [1.165, 1.54) is 5.57 Å². The average Bonchev–Trinajstić information content (AvgIpc) is 2.82. The van der Waals surface area contributed by atoms with E-state index < -0.39 is 0 Å². The quantitative estimate of drug-likeness (QED) is 0.677. The Morgan fingerprint density at radius 3 is 1.89 bits per heavy atom. The molecule has 0 bridgehead atoms. The zero-order valence-electron chi connectivity index (χ0n) is 13.2. The Morgan fingerprint density at radius 1 is 1.16 bits per heavy atom. The van der Waals surface area contributed by atoms with Gasteiger partial charge in [0.2, 0.25) is 0 Å². The van der Waals surface area contributed by atoms with E-state index in [0.29, 0.717) is 12.5 Å². The first-order valence-electron chi connectivity index (χ1n) is 6.78. The Balaban J connectivity index is -0.000000242. The van der Waals surface area contributed by atoms with Crippen LogP contribution in [0.25, 0.3) is 16.4 Å². The average molecular weight is 344 g/mol. The predicted molar refractivity (Wildman–Crippen MR) is 84.5 cm³/mol. The minimum atomic E-state index is 0. The molecule has 0 aromatic carbocycles. The molecule has 1 unspecified atom stereocenters. The molecule has 1 radical (unpaired) electrons. The Labute approximate surface area is 139 Å². The molecule has 0 fully saturated rings. The van der Waals surface area contributed by atoms with Crippen molar-refractivity contribution >= 4 is 0 Å². The molecule has 4 heteroatoms. The van der Waals surface area contributed by atoms with Crippen molar-refractivity contribution in [3.05, 3.63) is 40.2 Å². The van der Waals surface area contributed by atoms with Crippen LogP contribution in [0.3, 0.4) is 0 Å². The number of nitrogens with zero attached hydrogens (tertiary/aromatic N) is 2. The first kappa shape index (κ1) is 24.3. The standard InChI is InChI=1S/C9H14N.2C3H8N.Zr/c1-8-4-5-9(7-8)3-2-6-10;2*1-3-4-2;/h4-5,7,9-10H,2-3,6H2,1H3;2*3H2,1-2H3;/q3*-1;+3. The summed E-state index contributed by atoms with van der Waals surface area (Å²) < 4.78 is 0.